The minimum Gasteiger partial charge on any atom is -0.493 e. The van der Waals surface area contributed by atoms with Crippen LogP contribution in [0.1, 0.15) is 34.6 Å². The number of amides is 1. The summed E-state index contributed by atoms with van der Waals surface area (Å²) in [6, 6.07) is 5.73. The Morgan fingerprint density at radius 2 is 2.26 bits per heavy atom. The average molecular weight is 409 g/mol. The summed E-state index contributed by atoms with van der Waals surface area (Å²) in [6.07, 6.45) is 1.08. The van der Waals surface area contributed by atoms with Crippen LogP contribution in [-0.4, -0.2) is 43.7 Å². The number of hydrogen-bond donors (Lipinski definition) is 1. The second kappa shape index (κ2) is 8.95. The quantitative estimate of drug-likeness (QED) is 0.752. The van der Waals surface area contributed by atoms with Crippen molar-refractivity contribution in [1.29, 1.82) is 0 Å². The highest BCUT2D eigenvalue weighted by molar-refractivity contribution is 7.10. The number of hydrogen-bond acceptors (Lipinski definition) is 5. The third kappa shape index (κ3) is 4.57. The van der Waals surface area contributed by atoms with E-state index in [4.69, 9.17) is 21.1 Å². The van der Waals surface area contributed by atoms with E-state index in [1.165, 1.54) is 17.6 Å². The number of halogens is 1. The summed E-state index contributed by atoms with van der Waals surface area (Å²) in [4.78, 5) is 16.5. The first-order chi connectivity index (χ1) is 13.0. The van der Waals surface area contributed by atoms with Gasteiger partial charge < -0.3 is 14.8 Å². The molecule has 1 aromatic carbocycles. The monoisotopic (exact) mass is 408 g/mol. The molecule has 0 bridgehead atoms. The summed E-state index contributed by atoms with van der Waals surface area (Å²) in [5.41, 5.74) is 1.87. The number of methoxy groups -OCH3 is 1. The molecule has 0 saturated carbocycles. The van der Waals surface area contributed by atoms with Crippen LogP contribution in [0.3, 0.4) is 0 Å². The molecule has 1 aromatic heterocycles. The van der Waals surface area contributed by atoms with Crippen LogP contribution in [0.25, 0.3) is 0 Å². The summed E-state index contributed by atoms with van der Waals surface area (Å²) >= 11 is 8.10. The lowest BCUT2D eigenvalue weighted by atomic mass is 10.1. The standard InChI is InChI=1S/C20H25ClN2O3S/c1-4-26-19-16(21)9-15(10-17(19)25-3)20(24)22-11-13(2)23-7-5-18-14(12-23)6-8-27-18/h6,8-10,13H,4-5,7,11-12H2,1-3H3,(H,22,24). The van der Waals surface area contributed by atoms with E-state index in [1.54, 1.807) is 12.1 Å². The molecule has 1 aliphatic heterocycles. The van der Waals surface area contributed by atoms with Crippen molar-refractivity contribution in [1.82, 2.24) is 10.2 Å². The average Bonchev–Trinajstić information content (AvgIpc) is 3.15. The fraction of sp³-hybridized carbons (Fsp3) is 0.450. The van der Waals surface area contributed by atoms with E-state index < -0.39 is 0 Å². The highest BCUT2D eigenvalue weighted by Crippen LogP contribution is 2.36. The molecule has 1 aliphatic rings. The molecule has 1 amide bonds. The van der Waals surface area contributed by atoms with Gasteiger partial charge in [-0.2, -0.15) is 0 Å². The zero-order chi connectivity index (χ0) is 19.4. The number of benzene rings is 1. The molecule has 0 aliphatic carbocycles. The maximum Gasteiger partial charge on any atom is 0.251 e. The number of carbonyl (C=O) groups excluding carboxylic acids is 1. The van der Waals surface area contributed by atoms with E-state index in [1.807, 2.05) is 18.3 Å². The highest BCUT2D eigenvalue weighted by Gasteiger charge is 2.22. The molecule has 1 atom stereocenters. The summed E-state index contributed by atoms with van der Waals surface area (Å²) in [5, 5.41) is 5.54. The molecule has 0 fully saturated rings. The Morgan fingerprint density at radius 1 is 1.44 bits per heavy atom. The Hall–Kier alpha value is -1.76. The second-order valence-corrected chi connectivity index (χ2v) is 7.98. The van der Waals surface area contributed by atoms with Crippen LogP contribution in [0, 0.1) is 0 Å². The molecule has 7 heteroatoms. The molecule has 2 heterocycles. The van der Waals surface area contributed by atoms with E-state index in [9.17, 15) is 4.79 Å². The van der Waals surface area contributed by atoms with Gasteiger partial charge in [0.2, 0.25) is 0 Å². The third-order valence-corrected chi connectivity index (χ3v) is 6.10. The Morgan fingerprint density at radius 3 is 3.00 bits per heavy atom. The Bertz CT molecular complexity index is 809. The van der Waals surface area contributed by atoms with Gasteiger partial charge in [-0.05, 0) is 49.4 Å². The third-order valence-electron chi connectivity index (χ3n) is 4.80. The summed E-state index contributed by atoms with van der Waals surface area (Å²) < 4.78 is 10.8. The van der Waals surface area contributed by atoms with Crippen molar-refractivity contribution >= 4 is 28.8 Å². The molecule has 27 heavy (non-hydrogen) atoms. The normalized spacial score (nSPS) is 15.1. The fourth-order valence-corrected chi connectivity index (χ4v) is 4.41. The van der Waals surface area contributed by atoms with E-state index in [0.29, 0.717) is 35.2 Å². The van der Waals surface area contributed by atoms with Crippen LogP contribution >= 0.6 is 22.9 Å². The van der Waals surface area contributed by atoms with Gasteiger partial charge >= 0.3 is 0 Å². The van der Waals surface area contributed by atoms with Gasteiger partial charge in [0, 0.05) is 36.1 Å². The zero-order valence-electron chi connectivity index (χ0n) is 15.9. The van der Waals surface area contributed by atoms with Crippen molar-refractivity contribution in [3.8, 4) is 11.5 Å². The molecule has 3 rings (SSSR count). The van der Waals surface area contributed by atoms with Gasteiger partial charge in [0.05, 0.1) is 18.7 Å². The molecule has 1 N–H and O–H groups in total. The number of carbonyl (C=O) groups is 1. The summed E-state index contributed by atoms with van der Waals surface area (Å²) in [6.45, 7) is 7.03. The van der Waals surface area contributed by atoms with E-state index >= 15 is 0 Å². The molecule has 1 unspecified atom stereocenters. The van der Waals surface area contributed by atoms with Crippen LogP contribution in [0.4, 0.5) is 0 Å². The SMILES string of the molecule is CCOc1c(Cl)cc(C(=O)NCC(C)N2CCc3sccc3C2)cc1OC. The maximum absolute atomic E-state index is 12.6. The zero-order valence-corrected chi connectivity index (χ0v) is 17.5. The lowest BCUT2D eigenvalue weighted by Gasteiger charge is -2.32. The molecule has 0 spiro atoms. The highest BCUT2D eigenvalue weighted by atomic mass is 35.5. The van der Waals surface area contributed by atoms with Gasteiger partial charge in [-0.25, -0.2) is 0 Å². The van der Waals surface area contributed by atoms with Crippen LogP contribution in [0.5, 0.6) is 11.5 Å². The number of thiophene rings is 1. The van der Waals surface area contributed by atoms with E-state index in [0.717, 1.165) is 19.5 Å². The van der Waals surface area contributed by atoms with Crippen molar-refractivity contribution in [2.45, 2.75) is 32.9 Å². The second-order valence-electron chi connectivity index (χ2n) is 6.57. The number of nitrogens with one attached hydrogen (secondary N) is 1. The van der Waals surface area contributed by atoms with Crippen molar-refractivity contribution < 1.29 is 14.3 Å². The number of rotatable bonds is 7. The molecule has 2 aromatic rings. The van der Waals surface area contributed by atoms with Gasteiger partial charge in [0.15, 0.2) is 11.5 Å². The topological polar surface area (TPSA) is 50.8 Å². The minimum absolute atomic E-state index is 0.168. The first-order valence-corrected chi connectivity index (χ1v) is 10.4. The predicted octanol–water partition coefficient (Wildman–Crippen LogP) is 3.99. The van der Waals surface area contributed by atoms with Crippen molar-refractivity contribution in [2.24, 2.45) is 0 Å². The summed E-state index contributed by atoms with van der Waals surface area (Å²) in [7, 11) is 1.53. The summed E-state index contributed by atoms with van der Waals surface area (Å²) in [5.74, 6) is 0.758. The first-order valence-electron chi connectivity index (χ1n) is 9.11. The van der Waals surface area contributed by atoms with Crippen molar-refractivity contribution in [2.75, 3.05) is 26.8 Å². The number of fused-ring (bicyclic) bond motifs is 1. The van der Waals surface area contributed by atoms with Gasteiger partial charge in [-0.3, -0.25) is 9.69 Å². The molecule has 5 nitrogen and oxygen atoms in total. The van der Waals surface area contributed by atoms with Gasteiger partial charge in [-0.15, -0.1) is 11.3 Å². The van der Waals surface area contributed by atoms with Gasteiger partial charge in [0.25, 0.3) is 5.91 Å². The van der Waals surface area contributed by atoms with Crippen LogP contribution in [0.2, 0.25) is 5.02 Å². The molecular weight excluding hydrogens is 384 g/mol. The lowest BCUT2D eigenvalue weighted by Crippen LogP contribution is -2.44. The predicted molar refractivity (Wildman–Crippen MR) is 109 cm³/mol. The Balaban J connectivity index is 1.61. The molecular formula is C20H25ClN2O3S. The van der Waals surface area contributed by atoms with Crippen LogP contribution in [-0.2, 0) is 13.0 Å². The van der Waals surface area contributed by atoms with Crippen LogP contribution < -0.4 is 14.8 Å². The first kappa shape index (κ1) is 20.0. The maximum atomic E-state index is 12.6. The molecule has 146 valence electrons. The van der Waals surface area contributed by atoms with Gasteiger partial charge in [-0.1, -0.05) is 11.6 Å². The minimum atomic E-state index is -0.168. The number of nitrogens with zero attached hydrogens (tertiary/aromatic N) is 1. The smallest absolute Gasteiger partial charge is 0.251 e. The van der Waals surface area contributed by atoms with Crippen LogP contribution in [0.15, 0.2) is 23.6 Å². The van der Waals surface area contributed by atoms with Crippen molar-refractivity contribution in [3.05, 3.63) is 44.6 Å². The number of ether oxygens (including phenoxy) is 2. The Labute approximate surface area is 169 Å². The largest absolute Gasteiger partial charge is 0.493 e. The van der Waals surface area contributed by atoms with Gasteiger partial charge in [0.1, 0.15) is 0 Å². The lowest BCUT2D eigenvalue weighted by molar-refractivity contribution is 0.0932. The Kier molecular flexibility index (Phi) is 6.63. The van der Waals surface area contributed by atoms with Crippen molar-refractivity contribution in [3.63, 3.8) is 0 Å². The van der Waals surface area contributed by atoms with E-state index in [2.05, 4.69) is 28.6 Å². The van der Waals surface area contributed by atoms with E-state index in [-0.39, 0.29) is 11.9 Å². The fourth-order valence-electron chi connectivity index (χ4n) is 3.25. The molecule has 0 saturated heterocycles. The molecule has 0 radical (unpaired) electrons.